The van der Waals surface area contributed by atoms with Crippen LogP contribution < -0.4 is 22.1 Å². The molecule has 3 amide bonds. The van der Waals surface area contributed by atoms with Crippen LogP contribution in [0, 0.1) is 5.41 Å². The Labute approximate surface area is 130 Å². The van der Waals surface area contributed by atoms with Crippen LogP contribution in [0.3, 0.4) is 0 Å². The van der Waals surface area contributed by atoms with Crippen LogP contribution in [-0.4, -0.2) is 18.5 Å². The highest BCUT2D eigenvalue weighted by molar-refractivity contribution is 5.96. The molecule has 21 heavy (non-hydrogen) atoms. The summed E-state index contributed by atoms with van der Waals surface area (Å²) >= 11 is 0. The van der Waals surface area contributed by atoms with Gasteiger partial charge in [-0.05, 0) is 37.1 Å². The number of hydrogen-bond donors (Lipinski definition) is 4. The van der Waals surface area contributed by atoms with Crippen LogP contribution in [0.2, 0.25) is 0 Å². The molecule has 0 radical (unpaired) electrons. The van der Waals surface area contributed by atoms with Gasteiger partial charge in [-0.3, -0.25) is 4.79 Å². The van der Waals surface area contributed by atoms with Crippen molar-refractivity contribution in [2.75, 3.05) is 17.2 Å². The van der Waals surface area contributed by atoms with Crippen LogP contribution in [0.5, 0.6) is 0 Å². The van der Waals surface area contributed by atoms with Crippen LogP contribution in [0.25, 0.3) is 0 Å². The van der Waals surface area contributed by atoms with Crippen LogP contribution >= 0.6 is 12.4 Å². The number of amides is 3. The molecule has 1 aromatic rings. The van der Waals surface area contributed by atoms with Crippen molar-refractivity contribution in [2.24, 2.45) is 16.9 Å². The molecule has 6 nitrogen and oxygen atoms in total. The number of carbonyl (C=O) groups excluding carboxylic acids is 2. The summed E-state index contributed by atoms with van der Waals surface area (Å²) in [7, 11) is 0. The first-order valence-electron chi connectivity index (χ1n) is 6.74. The van der Waals surface area contributed by atoms with E-state index in [2.05, 4.69) is 10.6 Å². The Bertz CT molecular complexity index is 498. The highest BCUT2D eigenvalue weighted by Crippen LogP contribution is 2.38. The van der Waals surface area contributed by atoms with E-state index >= 15 is 0 Å². The van der Waals surface area contributed by atoms with Gasteiger partial charge >= 0.3 is 6.03 Å². The number of benzene rings is 1. The van der Waals surface area contributed by atoms with Gasteiger partial charge in [0.2, 0.25) is 5.91 Å². The molecule has 1 aliphatic carbocycles. The average Bonchev–Trinajstić information content (AvgIpc) is 2.90. The quantitative estimate of drug-likeness (QED) is 0.683. The molecule has 1 aliphatic rings. The lowest BCUT2D eigenvalue weighted by molar-refractivity contribution is -0.124. The second-order valence-electron chi connectivity index (χ2n) is 5.21. The van der Waals surface area contributed by atoms with Gasteiger partial charge in [0.25, 0.3) is 0 Å². The molecular weight excluding hydrogens is 292 g/mol. The number of halogens is 1. The average molecular weight is 313 g/mol. The fourth-order valence-corrected chi connectivity index (χ4v) is 2.62. The molecule has 0 aliphatic heterocycles. The van der Waals surface area contributed by atoms with E-state index in [0.717, 1.165) is 25.7 Å². The Balaban J connectivity index is 0.00000220. The summed E-state index contributed by atoms with van der Waals surface area (Å²) in [4.78, 5) is 23.1. The number of rotatable bonds is 4. The van der Waals surface area contributed by atoms with E-state index in [1.807, 2.05) is 0 Å². The van der Waals surface area contributed by atoms with Gasteiger partial charge in [-0.15, -0.1) is 12.4 Å². The summed E-state index contributed by atoms with van der Waals surface area (Å²) in [6.45, 7) is 0.375. The molecule has 1 fully saturated rings. The van der Waals surface area contributed by atoms with E-state index in [1.165, 1.54) is 0 Å². The maximum absolute atomic E-state index is 12.3. The summed E-state index contributed by atoms with van der Waals surface area (Å²) < 4.78 is 0. The van der Waals surface area contributed by atoms with Crippen molar-refractivity contribution in [3.63, 3.8) is 0 Å². The Hall–Kier alpha value is -1.79. The molecule has 1 saturated carbocycles. The van der Waals surface area contributed by atoms with Gasteiger partial charge in [0.05, 0.1) is 5.41 Å². The van der Waals surface area contributed by atoms with E-state index in [-0.39, 0.29) is 18.3 Å². The molecular formula is C14H21ClN4O2. The number of hydrogen-bond acceptors (Lipinski definition) is 3. The van der Waals surface area contributed by atoms with Gasteiger partial charge in [0, 0.05) is 17.9 Å². The summed E-state index contributed by atoms with van der Waals surface area (Å²) in [6.07, 6.45) is 3.78. The minimum Gasteiger partial charge on any atom is -0.351 e. The normalized spacial score (nSPS) is 15.9. The standard InChI is InChI=1S/C14H20N4O2.ClH/c15-9-14(7-1-2-8-14)12(19)17-10-3-5-11(6-4-10)18-13(16)20;/h3-6H,1-2,7-9,15H2,(H,17,19)(H3,16,18,20);1H. The first-order chi connectivity index (χ1) is 9.55. The summed E-state index contributed by atoms with van der Waals surface area (Å²) in [5.41, 5.74) is 11.7. The first kappa shape index (κ1) is 17.3. The lowest BCUT2D eigenvalue weighted by Crippen LogP contribution is -2.40. The number of anilines is 2. The Morgan fingerprint density at radius 2 is 1.52 bits per heavy atom. The smallest absolute Gasteiger partial charge is 0.316 e. The molecule has 7 heteroatoms. The number of nitrogens with two attached hydrogens (primary N) is 2. The van der Waals surface area contributed by atoms with Crippen molar-refractivity contribution in [3.8, 4) is 0 Å². The Morgan fingerprint density at radius 1 is 1.05 bits per heavy atom. The van der Waals surface area contributed by atoms with Gasteiger partial charge < -0.3 is 22.1 Å². The minimum absolute atomic E-state index is 0. The summed E-state index contributed by atoms with van der Waals surface area (Å²) in [5, 5.41) is 5.36. The van der Waals surface area contributed by atoms with Crippen molar-refractivity contribution in [1.29, 1.82) is 0 Å². The van der Waals surface area contributed by atoms with Crippen molar-refractivity contribution in [2.45, 2.75) is 25.7 Å². The van der Waals surface area contributed by atoms with Gasteiger partial charge in [-0.1, -0.05) is 12.8 Å². The SMILES string of the molecule is Cl.NCC1(C(=O)Nc2ccc(NC(N)=O)cc2)CCCC1. The predicted octanol–water partition coefficient (Wildman–Crippen LogP) is 2.06. The third kappa shape index (κ3) is 4.09. The Morgan fingerprint density at radius 3 is 1.95 bits per heavy atom. The third-order valence-corrected chi connectivity index (χ3v) is 3.84. The van der Waals surface area contributed by atoms with Crippen LogP contribution in [0.4, 0.5) is 16.2 Å². The lowest BCUT2D eigenvalue weighted by Gasteiger charge is -2.25. The molecule has 0 bridgehead atoms. The number of primary amides is 1. The van der Waals surface area contributed by atoms with Gasteiger partial charge in [0.1, 0.15) is 0 Å². The van der Waals surface area contributed by atoms with Crippen molar-refractivity contribution in [1.82, 2.24) is 0 Å². The molecule has 0 saturated heterocycles. The number of nitrogens with one attached hydrogen (secondary N) is 2. The molecule has 116 valence electrons. The monoisotopic (exact) mass is 312 g/mol. The molecule has 0 heterocycles. The molecule has 0 unspecified atom stereocenters. The van der Waals surface area contributed by atoms with Crippen LogP contribution in [-0.2, 0) is 4.79 Å². The topological polar surface area (TPSA) is 110 Å². The number of carbonyl (C=O) groups is 2. The predicted molar refractivity (Wildman–Crippen MR) is 85.5 cm³/mol. The summed E-state index contributed by atoms with van der Waals surface area (Å²) in [6, 6.07) is 6.20. The maximum Gasteiger partial charge on any atom is 0.316 e. The van der Waals surface area contributed by atoms with E-state index < -0.39 is 11.4 Å². The van der Waals surface area contributed by atoms with Crippen molar-refractivity contribution in [3.05, 3.63) is 24.3 Å². The van der Waals surface area contributed by atoms with E-state index in [4.69, 9.17) is 11.5 Å². The first-order valence-corrected chi connectivity index (χ1v) is 6.74. The third-order valence-electron chi connectivity index (χ3n) is 3.84. The van der Waals surface area contributed by atoms with Crippen molar-refractivity contribution >= 4 is 35.7 Å². The zero-order valence-electron chi connectivity index (χ0n) is 11.7. The van der Waals surface area contributed by atoms with E-state index in [1.54, 1.807) is 24.3 Å². The molecule has 1 aromatic carbocycles. The van der Waals surface area contributed by atoms with Gasteiger partial charge in [-0.25, -0.2) is 4.79 Å². The van der Waals surface area contributed by atoms with Crippen LogP contribution in [0.15, 0.2) is 24.3 Å². The largest absolute Gasteiger partial charge is 0.351 e. The van der Waals surface area contributed by atoms with Crippen LogP contribution in [0.1, 0.15) is 25.7 Å². The maximum atomic E-state index is 12.3. The zero-order valence-corrected chi connectivity index (χ0v) is 12.5. The van der Waals surface area contributed by atoms with Crippen molar-refractivity contribution < 1.29 is 9.59 Å². The molecule has 0 atom stereocenters. The second-order valence-corrected chi connectivity index (χ2v) is 5.21. The summed E-state index contributed by atoms with van der Waals surface area (Å²) in [5.74, 6) is -0.0203. The molecule has 0 spiro atoms. The fraction of sp³-hybridized carbons (Fsp3) is 0.429. The second kappa shape index (κ2) is 7.28. The molecule has 0 aromatic heterocycles. The highest BCUT2D eigenvalue weighted by atomic mass is 35.5. The Kier molecular flexibility index (Phi) is 5.99. The molecule has 6 N–H and O–H groups in total. The number of urea groups is 1. The van der Waals surface area contributed by atoms with E-state index in [9.17, 15) is 9.59 Å². The minimum atomic E-state index is -0.616. The molecule has 2 rings (SSSR count). The van der Waals surface area contributed by atoms with E-state index in [0.29, 0.717) is 17.9 Å². The van der Waals surface area contributed by atoms with Gasteiger partial charge in [-0.2, -0.15) is 0 Å². The van der Waals surface area contributed by atoms with Gasteiger partial charge in [0.15, 0.2) is 0 Å². The zero-order chi connectivity index (χ0) is 14.6. The lowest BCUT2D eigenvalue weighted by atomic mass is 9.85. The highest BCUT2D eigenvalue weighted by Gasteiger charge is 2.39. The fourth-order valence-electron chi connectivity index (χ4n) is 2.62.